The zero-order chi connectivity index (χ0) is 15.1. The minimum absolute atomic E-state index is 0. The lowest BCUT2D eigenvalue weighted by molar-refractivity contribution is 0.115. The number of guanidine groups is 1. The van der Waals surface area contributed by atoms with Crippen LogP contribution in [-0.2, 0) is 18.3 Å². The molecule has 0 saturated heterocycles. The monoisotopic (exact) mass is 420 g/mol. The maximum Gasteiger partial charge on any atom is 0.194 e. The summed E-state index contributed by atoms with van der Waals surface area (Å²) in [6.45, 7) is 6.23. The number of rotatable bonds is 8. The van der Waals surface area contributed by atoms with E-state index in [4.69, 9.17) is 4.74 Å². The summed E-state index contributed by atoms with van der Waals surface area (Å²) >= 11 is 0. The molecule has 1 N–H and O–H groups in total. The Morgan fingerprint density at radius 1 is 1.50 bits per heavy atom. The van der Waals surface area contributed by atoms with Crippen LogP contribution in [-0.4, -0.2) is 48.8 Å². The molecule has 0 aromatic carbocycles. The van der Waals surface area contributed by atoms with E-state index in [1.54, 1.807) is 0 Å². The predicted octanol–water partition coefficient (Wildman–Crippen LogP) is 2.47. The van der Waals surface area contributed by atoms with E-state index in [1.165, 1.54) is 18.4 Å². The van der Waals surface area contributed by atoms with Crippen molar-refractivity contribution in [3.8, 4) is 0 Å². The van der Waals surface area contributed by atoms with Gasteiger partial charge < -0.3 is 19.5 Å². The normalized spacial score (nSPS) is 14.6. The number of nitrogens with zero attached hydrogens (tertiary/aromatic N) is 3. The van der Waals surface area contributed by atoms with Crippen LogP contribution in [0.2, 0.25) is 0 Å². The molecule has 0 unspecified atom stereocenters. The Bertz CT molecular complexity index is 457. The van der Waals surface area contributed by atoms with Crippen molar-refractivity contribution in [1.82, 2.24) is 14.8 Å². The van der Waals surface area contributed by atoms with Crippen LogP contribution in [0.3, 0.4) is 0 Å². The third kappa shape index (κ3) is 7.00. The minimum atomic E-state index is 0. The average Bonchev–Trinajstić information content (AvgIpc) is 3.20. The van der Waals surface area contributed by atoms with Crippen LogP contribution in [0.1, 0.15) is 25.3 Å². The lowest BCUT2D eigenvalue weighted by Crippen LogP contribution is -2.40. The molecule has 5 nitrogen and oxygen atoms in total. The van der Waals surface area contributed by atoms with E-state index >= 15 is 0 Å². The first-order chi connectivity index (χ1) is 10.2. The fourth-order valence-electron chi connectivity index (χ4n) is 2.13. The molecule has 22 heavy (non-hydrogen) atoms. The second-order valence-electron chi connectivity index (χ2n) is 5.80. The van der Waals surface area contributed by atoms with Crippen molar-refractivity contribution in [3.63, 3.8) is 0 Å². The molecule has 1 aliphatic rings. The smallest absolute Gasteiger partial charge is 0.194 e. The zero-order valence-electron chi connectivity index (χ0n) is 13.9. The summed E-state index contributed by atoms with van der Waals surface area (Å²) < 4.78 is 7.74. The van der Waals surface area contributed by atoms with Gasteiger partial charge in [-0.3, -0.25) is 0 Å². The summed E-state index contributed by atoms with van der Waals surface area (Å²) in [6.07, 6.45) is 6.84. The SMILES string of the molecule is CCNC(=NCc1ccn(C)c1)N(C)CCOCC1CC1.I. The van der Waals surface area contributed by atoms with Crippen molar-refractivity contribution in [2.45, 2.75) is 26.3 Å². The molecule has 2 rings (SSSR count). The van der Waals surface area contributed by atoms with Crippen molar-refractivity contribution >= 4 is 29.9 Å². The molecule has 1 aliphatic carbocycles. The molecule has 1 saturated carbocycles. The largest absolute Gasteiger partial charge is 0.379 e. The van der Waals surface area contributed by atoms with Gasteiger partial charge in [0, 0.05) is 46.2 Å². The highest BCUT2D eigenvalue weighted by molar-refractivity contribution is 14.0. The molecule has 126 valence electrons. The summed E-state index contributed by atoms with van der Waals surface area (Å²) in [7, 11) is 4.09. The van der Waals surface area contributed by atoms with Crippen LogP contribution in [0.25, 0.3) is 0 Å². The Balaban J connectivity index is 0.00000242. The Kier molecular flexibility index (Phi) is 8.85. The topological polar surface area (TPSA) is 41.8 Å². The van der Waals surface area contributed by atoms with Gasteiger partial charge in [-0.2, -0.15) is 0 Å². The molecule has 1 aromatic rings. The van der Waals surface area contributed by atoms with Gasteiger partial charge >= 0.3 is 0 Å². The van der Waals surface area contributed by atoms with E-state index in [1.807, 2.05) is 17.8 Å². The molecule has 0 aliphatic heterocycles. The highest BCUT2D eigenvalue weighted by atomic mass is 127. The molecule has 0 spiro atoms. The maximum atomic E-state index is 5.69. The van der Waals surface area contributed by atoms with Crippen molar-refractivity contribution < 1.29 is 4.74 Å². The van der Waals surface area contributed by atoms with Crippen molar-refractivity contribution in [3.05, 3.63) is 24.0 Å². The lowest BCUT2D eigenvalue weighted by atomic mass is 10.3. The third-order valence-electron chi connectivity index (χ3n) is 3.62. The number of hydrogen-bond donors (Lipinski definition) is 1. The zero-order valence-corrected chi connectivity index (χ0v) is 16.2. The van der Waals surface area contributed by atoms with Gasteiger partial charge in [0.15, 0.2) is 5.96 Å². The Hall–Kier alpha value is -0.760. The molecule has 1 heterocycles. The molecule has 1 aromatic heterocycles. The Morgan fingerprint density at radius 2 is 2.27 bits per heavy atom. The Labute approximate surface area is 151 Å². The molecule has 6 heteroatoms. The van der Waals surface area contributed by atoms with Gasteiger partial charge in [-0.25, -0.2) is 4.99 Å². The number of nitrogens with one attached hydrogen (secondary N) is 1. The number of ether oxygens (including phenoxy) is 1. The standard InChI is InChI=1S/C16H28N4O.HI/c1-4-17-16(18-11-15-7-8-19(2)12-15)20(3)9-10-21-13-14-5-6-14;/h7-8,12,14H,4-6,9-11,13H2,1-3H3,(H,17,18);1H. The van der Waals surface area contributed by atoms with E-state index in [0.29, 0.717) is 6.54 Å². The maximum absolute atomic E-state index is 5.69. The first-order valence-corrected chi connectivity index (χ1v) is 7.87. The van der Waals surface area contributed by atoms with Crippen molar-refractivity contribution in [2.24, 2.45) is 18.0 Å². The minimum Gasteiger partial charge on any atom is -0.379 e. The van der Waals surface area contributed by atoms with Gasteiger partial charge in [-0.15, -0.1) is 24.0 Å². The van der Waals surface area contributed by atoms with E-state index in [0.717, 1.165) is 38.2 Å². The summed E-state index contributed by atoms with van der Waals surface area (Å²) in [5.41, 5.74) is 1.23. The number of halogens is 1. The van der Waals surface area contributed by atoms with Crippen LogP contribution in [0, 0.1) is 5.92 Å². The van der Waals surface area contributed by atoms with Gasteiger partial charge in [-0.1, -0.05) is 0 Å². The van der Waals surface area contributed by atoms with Gasteiger partial charge in [0.2, 0.25) is 0 Å². The molecule has 0 amide bonds. The second-order valence-corrected chi connectivity index (χ2v) is 5.80. The summed E-state index contributed by atoms with van der Waals surface area (Å²) in [5, 5.41) is 3.34. The first-order valence-electron chi connectivity index (χ1n) is 7.87. The highest BCUT2D eigenvalue weighted by Crippen LogP contribution is 2.28. The van der Waals surface area contributed by atoms with E-state index in [2.05, 4.69) is 41.4 Å². The number of likely N-dealkylation sites (N-methyl/N-ethyl adjacent to an activating group) is 1. The summed E-state index contributed by atoms with van der Waals surface area (Å²) in [4.78, 5) is 6.82. The number of aliphatic imine (C=N–C) groups is 1. The summed E-state index contributed by atoms with van der Waals surface area (Å²) in [5.74, 6) is 1.77. The third-order valence-corrected chi connectivity index (χ3v) is 3.62. The van der Waals surface area contributed by atoms with Crippen LogP contribution < -0.4 is 5.32 Å². The van der Waals surface area contributed by atoms with Crippen LogP contribution in [0.5, 0.6) is 0 Å². The van der Waals surface area contributed by atoms with Crippen LogP contribution in [0.4, 0.5) is 0 Å². The van der Waals surface area contributed by atoms with Gasteiger partial charge in [0.25, 0.3) is 0 Å². The molecular weight excluding hydrogens is 391 g/mol. The Morgan fingerprint density at radius 3 is 2.86 bits per heavy atom. The fourth-order valence-corrected chi connectivity index (χ4v) is 2.13. The highest BCUT2D eigenvalue weighted by Gasteiger charge is 2.21. The average molecular weight is 420 g/mol. The van der Waals surface area contributed by atoms with Gasteiger partial charge in [0.1, 0.15) is 0 Å². The van der Waals surface area contributed by atoms with Crippen LogP contribution in [0.15, 0.2) is 23.5 Å². The second kappa shape index (κ2) is 10.1. The van der Waals surface area contributed by atoms with Crippen LogP contribution >= 0.6 is 24.0 Å². The number of hydrogen-bond acceptors (Lipinski definition) is 2. The van der Waals surface area contributed by atoms with Gasteiger partial charge in [-0.05, 0) is 37.3 Å². The molecule has 0 atom stereocenters. The van der Waals surface area contributed by atoms with E-state index < -0.39 is 0 Å². The summed E-state index contributed by atoms with van der Waals surface area (Å²) in [6, 6.07) is 2.10. The molecule has 0 bridgehead atoms. The lowest BCUT2D eigenvalue weighted by Gasteiger charge is -2.22. The van der Waals surface area contributed by atoms with Crippen molar-refractivity contribution in [2.75, 3.05) is 33.4 Å². The van der Waals surface area contributed by atoms with Crippen molar-refractivity contribution in [1.29, 1.82) is 0 Å². The van der Waals surface area contributed by atoms with Gasteiger partial charge in [0.05, 0.1) is 13.2 Å². The number of aromatic nitrogens is 1. The predicted molar refractivity (Wildman–Crippen MR) is 102 cm³/mol. The quantitative estimate of drug-likeness (QED) is 0.304. The molecule has 0 radical (unpaired) electrons. The molecular formula is C16H29IN4O. The number of aryl methyl sites for hydroxylation is 1. The first kappa shape index (κ1) is 19.3. The fraction of sp³-hybridized carbons (Fsp3) is 0.688. The van der Waals surface area contributed by atoms with E-state index in [-0.39, 0.29) is 24.0 Å². The molecule has 1 fully saturated rings. The van der Waals surface area contributed by atoms with E-state index in [9.17, 15) is 0 Å².